The van der Waals surface area contributed by atoms with E-state index in [0.29, 0.717) is 42.8 Å². The van der Waals surface area contributed by atoms with Gasteiger partial charge in [0.1, 0.15) is 5.82 Å². The van der Waals surface area contributed by atoms with Crippen LogP contribution < -0.4 is 0 Å². The number of hydrogen-bond acceptors (Lipinski definition) is 4. The minimum atomic E-state index is -0.227. The molecule has 0 aliphatic carbocycles. The summed E-state index contributed by atoms with van der Waals surface area (Å²) in [4.78, 5) is 20.6. The standard InChI is InChI=1S/C26H30Cl2FN3O2/c27-21-8-5-19(13-22(21)28)14-25(33)32-12-11-31(15-18-3-6-20(29)7-4-18)24-17-34-16-23(26(24)32)30-9-1-2-10-30/h3-8,13,23-24,26H,1-2,9-12,14-17H2/t23-,24+,26+/m1/s1. The Hall–Kier alpha value is -1.70. The highest BCUT2D eigenvalue weighted by atomic mass is 35.5. The van der Waals surface area contributed by atoms with E-state index in [9.17, 15) is 9.18 Å². The molecule has 1 amide bonds. The van der Waals surface area contributed by atoms with E-state index in [-0.39, 0.29) is 29.8 Å². The van der Waals surface area contributed by atoms with E-state index in [0.717, 1.165) is 30.8 Å². The Morgan fingerprint density at radius 3 is 2.35 bits per heavy atom. The van der Waals surface area contributed by atoms with Gasteiger partial charge < -0.3 is 9.64 Å². The number of hydrogen-bond donors (Lipinski definition) is 0. The third-order valence-electron chi connectivity index (χ3n) is 7.39. The Bertz CT molecular complexity index is 1020. The Balaban J connectivity index is 1.39. The molecular formula is C26H30Cl2FN3O2. The number of ether oxygens (including phenoxy) is 1. The highest BCUT2D eigenvalue weighted by molar-refractivity contribution is 6.42. The average molecular weight is 506 g/mol. The first-order chi connectivity index (χ1) is 16.5. The van der Waals surface area contributed by atoms with Crippen LogP contribution in [0.15, 0.2) is 42.5 Å². The molecule has 2 aromatic rings. The summed E-state index contributed by atoms with van der Waals surface area (Å²) < 4.78 is 19.5. The molecule has 182 valence electrons. The zero-order valence-electron chi connectivity index (χ0n) is 19.1. The van der Waals surface area contributed by atoms with Crippen LogP contribution in [0.5, 0.6) is 0 Å². The molecule has 0 bridgehead atoms. The van der Waals surface area contributed by atoms with Gasteiger partial charge in [-0.05, 0) is 61.3 Å². The number of nitrogens with zero attached hydrogens (tertiary/aromatic N) is 3. The number of likely N-dealkylation sites (tertiary alicyclic amines) is 1. The van der Waals surface area contributed by atoms with Gasteiger partial charge in [0.25, 0.3) is 0 Å². The van der Waals surface area contributed by atoms with Crippen molar-refractivity contribution in [3.05, 3.63) is 69.5 Å². The van der Waals surface area contributed by atoms with Crippen LogP contribution in [0.25, 0.3) is 0 Å². The summed E-state index contributed by atoms with van der Waals surface area (Å²) in [6.07, 6.45) is 2.67. The number of carbonyl (C=O) groups is 1. The lowest BCUT2D eigenvalue weighted by Crippen LogP contribution is -2.71. The van der Waals surface area contributed by atoms with Crippen LogP contribution >= 0.6 is 23.2 Å². The van der Waals surface area contributed by atoms with E-state index in [4.69, 9.17) is 27.9 Å². The second-order valence-corrected chi connectivity index (χ2v) is 10.3. The molecule has 0 radical (unpaired) electrons. The van der Waals surface area contributed by atoms with Gasteiger partial charge in [0.15, 0.2) is 0 Å². The lowest BCUT2D eigenvalue weighted by molar-refractivity contribution is -0.153. The molecule has 3 atom stereocenters. The topological polar surface area (TPSA) is 36.0 Å². The van der Waals surface area contributed by atoms with E-state index >= 15 is 0 Å². The number of piperazine rings is 1. The Morgan fingerprint density at radius 2 is 1.62 bits per heavy atom. The maximum absolute atomic E-state index is 13.6. The lowest BCUT2D eigenvalue weighted by atomic mass is 9.90. The van der Waals surface area contributed by atoms with Crippen LogP contribution in [0.4, 0.5) is 4.39 Å². The quantitative estimate of drug-likeness (QED) is 0.608. The molecule has 0 aromatic heterocycles. The molecule has 8 heteroatoms. The fourth-order valence-corrected chi connectivity index (χ4v) is 6.00. The van der Waals surface area contributed by atoms with E-state index in [1.54, 1.807) is 12.1 Å². The van der Waals surface area contributed by atoms with Crippen LogP contribution in [0.3, 0.4) is 0 Å². The molecule has 0 unspecified atom stereocenters. The number of benzene rings is 2. The van der Waals surface area contributed by atoms with Gasteiger partial charge in [-0.15, -0.1) is 0 Å². The number of carbonyl (C=O) groups excluding carboxylic acids is 1. The van der Waals surface area contributed by atoms with Crippen molar-refractivity contribution >= 4 is 29.1 Å². The van der Waals surface area contributed by atoms with Crippen LogP contribution in [-0.4, -0.2) is 78.1 Å². The maximum Gasteiger partial charge on any atom is 0.227 e. The fourth-order valence-electron chi connectivity index (χ4n) is 5.68. The summed E-state index contributed by atoms with van der Waals surface area (Å²) in [6, 6.07) is 12.4. The molecule has 5 nitrogen and oxygen atoms in total. The smallest absolute Gasteiger partial charge is 0.227 e. The summed E-state index contributed by atoms with van der Waals surface area (Å²) in [5, 5.41) is 0.959. The number of amides is 1. The first-order valence-electron chi connectivity index (χ1n) is 12.0. The summed E-state index contributed by atoms with van der Waals surface area (Å²) >= 11 is 12.3. The molecule has 0 N–H and O–H groups in total. The monoisotopic (exact) mass is 505 g/mol. The van der Waals surface area contributed by atoms with Gasteiger partial charge in [-0.3, -0.25) is 14.6 Å². The van der Waals surface area contributed by atoms with Crippen LogP contribution in [0.1, 0.15) is 24.0 Å². The van der Waals surface area contributed by atoms with Crippen LogP contribution in [-0.2, 0) is 22.5 Å². The van der Waals surface area contributed by atoms with Crippen molar-refractivity contribution in [2.45, 2.75) is 43.9 Å². The number of fused-ring (bicyclic) bond motifs is 1. The molecule has 34 heavy (non-hydrogen) atoms. The van der Waals surface area contributed by atoms with E-state index in [1.165, 1.54) is 25.0 Å². The predicted molar refractivity (Wildman–Crippen MR) is 132 cm³/mol. The van der Waals surface area contributed by atoms with Gasteiger partial charge >= 0.3 is 0 Å². The van der Waals surface area contributed by atoms with Crippen molar-refractivity contribution in [2.24, 2.45) is 0 Å². The van der Waals surface area contributed by atoms with Crippen LogP contribution in [0, 0.1) is 5.82 Å². The zero-order chi connectivity index (χ0) is 23.7. The third-order valence-corrected chi connectivity index (χ3v) is 8.13. The molecule has 3 aliphatic rings. The minimum Gasteiger partial charge on any atom is -0.378 e. The summed E-state index contributed by atoms with van der Waals surface area (Å²) in [6.45, 7) is 5.45. The zero-order valence-corrected chi connectivity index (χ0v) is 20.6. The van der Waals surface area contributed by atoms with Crippen molar-refractivity contribution in [3.63, 3.8) is 0 Å². The molecule has 0 saturated carbocycles. The second-order valence-electron chi connectivity index (χ2n) is 9.52. The van der Waals surface area contributed by atoms with Gasteiger partial charge in [0, 0.05) is 19.6 Å². The normalized spacial score (nSPS) is 26.0. The molecule has 0 spiro atoms. The maximum atomic E-state index is 13.6. The molecule has 3 aliphatic heterocycles. The van der Waals surface area contributed by atoms with E-state index in [1.807, 2.05) is 18.2 Å². The summed E-state index contributed by atoms with van der Waals surface area (Å²) in [5.74, 6) is -0.115. The third kappa shape index (κ3) is 5.12. The van der Waals surface area contributed by atoms with E-state index < -0.39 is 0 Å². The number of halogens is 3. The average Bonchev–Trinajstić information content (AvgIpc) is 3.37. The Morgan fingerprint density at radius 1 is 0.912 bits per heavy atom. The summed E-state index contributed by atoms with van der Waals surface area (Å²) in [7, 11) is 0. The van der Waals surface area contributed by atoms with Gasteiger partial charge in [-0.1, -0.05) is 41.4 Å². The first-order valence-corrected chi connectivity index (χ1v) is 12.8. The molecule has 3 saturated heterocycles. The lowest BCUT2D eigenvalue weighted by Gasteiger charge is -2.54. The Labute approximate surface area is 210 Å². The van der Waals surface area contributed by atoms with Crippen molar-refractivity contribution in [2.75, 3.05) is 39.4 Å². The molecular weight excluding hydrogens is 476 g/mol. The van der Waals surface area contributed by atoms with Crippen molar-refractivity contribution < 1.29 is 13.9 Å². The SMILES string of the molecule is O=C(Cc1ccc(Cl)c(Cl)c1)N1CCN(Cc2ccc(F)cc2)[C@H]2COC[C@@H](N3CCCC3)[C@@H]21. The van der Waals surface area contributed by atoms with Gasteiger partial charge in [-0.2, -0.15) is 0 Å². The molecule has 5 rings (SSSR count). The van der Waals surface area contributed by atoms with Gasteiger partial charge in [-0.25, -0.2) is 4.39 Å². The van der Waals surface area contributed by atoms with E-state index in [2.05, 4.69) is 14.7 Å². The molecule has 3 fully saturated rings. The van der Waals surface area contributed by atoms with Crippen molar-refractivity contribution in [1.82, 2.24) is 14.7 Å². The highest BCUT2D eigenvalue weighted by Gasteiger charge is 2.47. The fraction of sp³-hybridized carbons (Fsp3) is 0.500. The first kappa shape index (κ1) is 24.0. The van der Waals surface area contributed by atoms with Crippen LogP contribution in [0.2, 0.25) is 10.0 Å². The van der Waals surface area contributed by atoms with Gasteiger partial charge in [0.2, 0.25) is 5.91 Å². The second kappa shape index (κ2) is 10.5. The molecule has 2 aromatic carbocycles. The van der Waals surface area contributed by atoms with Crippen molar-refractivity contribution in [3.8, 4) is 0 Å². The van der Waals surface area contributed by atoms with Crippen molar-refractivity contribution in [1.29, 1.82) is 0 Å². The predicted octanol–water partition coefficient (Wildman–Crippen LogP) is 4.25. The number of rotatable bonds is 5. The molecule has 3 heterocycles. The largest absolute Gasteiger partial charge is 0.378 e. The minimum absolute atomic E-state index is 0.0521. The summed E-state index contributed by atoms with van der Waals surface area (Å²) in [5.41, 5.74) is 1.94. The highest BCUT2D eigenvalue weighted by Crippen LogP contribution is 2.31. The van der Waals surface area contributed by atoms with Gasteiger partial charge in [0.05, 0.1) is 47.8 Å². The Kier molecular flexibility index (Phi) is 7.42.